The van der Waals surface area contributed by atoms with Crippen LogP contribution in [0.5, 0.6) is 0 Å². The van der Waals surface area contributed by atoms with E-state index in [2.05, 4.69) is 13.8 Å². The Morgan fingerprint density at radius 1 is 1.28 bits per heavy atom. The summed E-state index contributed by atoms with van der Waals surface area (Å²) in [6, 6.07) is 5.59. The van der Waals surface area contributed by atoms with Gasteiger partial charge in [-0.1, -0.05) is 38.8 Å². The molecule has 0 aromatic heterocycles. The van der Waals surface area contributed by atoms with Crippen LogP contribution in [-0.4, -0.2) is 14.7 Å². The minimum absolute atomic E-state index is 0.475. The van der Waals surface area contributed by atoms with E-state index >= 15 is 0 Å². The van der Waals surface area contributed by atoms with Crippen LogP contribution in [0.2, 0.25) is 0 Å². The van der Waals surface area contributed by atoms with E-state index in [1.807, 2.05) is 19.1 Å². The van der Waals surface area contributed by atoms with E-state index in [1.54, 1.807) is 6.07 Å². The average molecular weight is 268 g/mol. The SMILES string of the molecule is CCC(C)CCCc1cccc(S(C)(=O)=O)c1C. The number of rotatable bonds is 6. The highest BCUT2D eigenvalue weighted by molar-refractivity contribution is 7.90. The highest BCUT2D eigenvalue weighted by Gasteiger charge is 2.12. The molecule has 0 aliphatic rings. The van der Waals surface area contributed by atoms with Crippen LogP contribution in [0.3, 0.4) is 0 Å². The third kappa shape index (κ3) is 4.13. The maximum Gasteiger partial charge on any atom is 0.175 e. The Hall–Kier alpha value is -0.830. The molecule has 0 radical (unpaired) electrons. The van der Waals surface area contributed by atoms with E-state index in [-0.39, 0.29) is 0 Å². The zero-order valence-electron chi connectivity index (χ0n) is 11.9. The molecule has 0 N–H and O–H groups in total. The van der Waals surface area contributed by atoms with Gasteiger partial charge in [-0.15, -0.1) is 0 Å². The highest BCUT2D eigenvalue weighted by atomic mass is 32.2. The number of hydrogen-bond donors (Lipinski definition) is 0. The van der Waals surface area contributed by atoms with Crippen LogP contribution in [0, 0.1) is 12.8 Å². The molecule has 1 atom stereocenters. The number of benzene rings is 1. The molecule has 3 heteroatoms. The van der Waals surface area contributed by atoms with Crippen LogP contribution in [-0.2, 0) is 16.3 Å². The minimum atomic E-state index is -3.10. The molecular weight excluding hydrogens is 244 g/mol. The van der Waals surface area contributed by atoms with Crippen LogP contribution in [0.1, 0.15) is 44.2 Å². The summed E-state index contributed by atoms with van der Waals surface area (Å²) < 4.78 is 23.3. The van der Waals surface area contributed by atoms with E-state index in [0.29, 0.717) is 4.90 Å². The fourth-order valence-electron chi connectivity index (χ4n) is 2.18. The second kappa shape index (κ2) is 6.37. The summed E-state index contributed by atoms with van der Waals surface area (Å²) in [5.41, 5.74) is 2.09. The second-order valence-electron chi connectivity index (χ2n) is 5.22. The first-order chi connectivity index (χ1) is 8.36. The molecule has 1 aromatic rings. The summed E-state index contributed by atoms with van der Waals surface area (Å²) in [6.07, 6.45) is 5.79. The average Bonchev–Trinajstić information content (AvgIpc) is 2.29. The first kappa shape index (κ1) is 15.2. The molecule has 2 nitrogen and oxygen atoms in total. The van der Waals surface area contributed by atoms with Crippen molar-refractivity contribution in [2.24, 2.45) is 5.92 Å². The largest absolute Gasteiger partial charge is 0.224 e. The lowest BCUT2D eigenvalue weighted by molar-refractivity contribution is 0.495. The summed E-state index contributed by atoms with van der Waals surface area (Å²) in [5, 5.41) is 0. The normalized spacial score (nSPS) is 13.6. The first-order valence-corrected chi connectivity index (χ1v) is 8.54. The quantitative estimate of drug-likeness (QED) is 0.787. The second-order valence-corrected chi connectivity index (χ2v) is 7.20. The Labute approximate surface area is 111 Å². The minimum Gasteiger partial charge on any atom is -0.224 e. The van der Waals surface area contributed by atoms with Crippen molar-refractivity contribution in [1.82, 2.24) is 0 Å². The summed E-state index contributed by atoms with van der Waals surface area (Å²) >= 11 is 0. The van der Waals surface area contributed by atoms with Crippen molar-refractivity contribution in [3.8, 4) is 0 Å². The van der Waals surface area contributed by atoms with Crippen molar-refractivity contribution in [3.05, 3.63) is 29.3 Å². The van der Waals surface area contributed by atoms with Crippen molar-refractivity contribution in [3.63, 3.8) is 0 Å². The summed E-state index contributed by atoms with van der Waals surface area (Å²) in [7, 11) is -3.10. The van der Waals surface area contributed by atoms with Crippen molar-refractivity contribution in [1.29, 1.82) is 0 Å². The van der Waals surface area contributed by atoms with Gasteiger partial charge in [-0.2, -0.15) is 0 Å². The summed E-state index contributed by atoms with van der Waals surface area (Å²) in [4.78, 5) is 0.475. The van der Waals surface area contributed by atoms with Gasteiger partial charge in [0, 0.05) is 6.26 Å². The Morgan fingerprint density at radius 3 is 2.50 bits per heavy atom. The maximum absolute atomic E-state index is 11.6. The fourth-order valence-corrected chi connectivity index (χ4v) is 3.19. The van der Waals surface area contributed by atoms with E-state index < -0.39 is 9.84 Å². The van der Waals surface area contributed by atoms with E-state index in [1.165, 1.54) is 24.7 Å². The van der Waals surface area contributed by atoms with Crippen molar-refractivity contribution < 1.29 is 8.42 Å². The highest BCUT2D eigenvalue weighted by Crippen LogP contribution is 2.21. The zero-order valence-corrected chi connectivity index (χ0v) is 12.7. The third-order valence-electron chi connectivity index (χ3n) is 3.64. The van der Waals surface area contributed by atoms with E-state index in [9.17, 15) is 8.42 Å². The van der Waals surface area contributed by atoms with Crippen molar-refractivity contribution in [2.75, 3.05) is 6.26 Å². The monoisotopic (exact) mass is 268 g/mol. The lowest BCUT2D eigenvalue weighted by Crippen LogP contribution is -2.03. The van der Waals surface area contributed by atoms with Crippen LogP contribution in [0.4, 0.5) is 0 Å². The molecule has 0 bridgehead atoms. The zero-order chi connectivity index (χ0) is 13.8. The van der Waals surface area contributed by atoms with Crippen molar-refractivity contribution >= 4 is 9.84 Å². The molecule has 0 aliphatic heterocycles. The maximum atomic E-state index is 11.6. The van der Waals surface area contributed by atoms with Crippen molar-refractivity contribution in [2.45, 2.75) is 51.3 Å². The molecule has 0 saturated carbocycles. The summed E-state index contributed by atoms with van der Waals surface area (Å²) in [5.74, 6) is 0.753. The van der Waals surface area contributed by atoms with Crippen LogP contribution < -0.4 is 0 Å². The lowest BCUT2D eigenvalue weighted by atomic mass is 9.97. The molecule has 0 spiro atoms. The molecule has 0 heterocycles. The number of sulfone groups is 1. The van der Waals surface area contributed by atoms with Gasteiger partial charge in [-0.25, -0.2) is 8.42 Å². The van der Waals surface area contributed by atoms with E-state index in [0.717, 1.165) is 24.3 Å². The molecule has 0 aliphatic carbocycles. The summed E-state index contributed by atoms with van der Waals surface area (Å²) in [6.45, 7) is 6.38. The van der Waals surface area contributed by atoms with E-state index in [4.69, 9.17) is 0 Å². The molecule has 1 rings (SSSR count). The molecule has 102 valence electrons. The first-order valence-electron chi connectivity index (χ1n) is 6.64. The topological polar surface area (TPSA) is 34.1 Å². The Bertz CT molecular complexity index is 489. The molecule has 0 amide bonds. The molecule has 0 fully saturated rings. The number of hydrogen-bond acceptors (Lipinski definition) is 2. The predicted octanol–water partition coefficient (Wildman–Crippen LogP) is 3.77. The van der Waals surface area contributed by atoms with Gasteiger partial charge >= 0.3 is 0 Å². The van der Waals surface area contributed by atoms with Gasteiger partial charge in [0.1, 0.15) is 0 Å². The Kier molecular flexibility index (Phi) is 5.39. The molecule has 0 saturated heterocycles. The van der Waals surface area contributed by atoms with Crippen LogP contribution in [0.15, 0.2) is 23.1 Å². The number of aryl methyl sites for hydroxylation is 1. The Balaban J connectivity index is 2.79. The third-order valence-corrected chi connectivity index (χ3v) is 4.88. The molecule has 18 heavy (non-hydrogen) atoms. The van der Waals surface area contributed by atoms with Gasteiger partial charge in [0.15, 0.2) is 9.84 Å². The smallest absolute Gasteiger partial charge is 0.175 e. The van der Waals surface area contributed by atoms with Gasteiger partial charge in [0.2, 0.25) is 0 Å². The van der Waals surface area contributed by atoms with Gasteiger partial charge in [0.25, 0.3) is 0 Å². The predicted molar refractivity (Wildman–Crippen MR) is 76.7 cm³/mol. The van der Waals surface area contributed by atoms with Gasteiger partial charge < -0.3 is 0 Å². The van der Waals surface area contributed by atoms with Gasteiger partial charge in [0.05, 0.1) is 4.90 Å². The molecular formula is C15H24O2S. The van der Waals surface area contributed by atoms with Gasteiger partial charge in [-0.3, -0.25) is 0 Å². The van der Waals surface area contributed by atoms with Gasteiger partial charge in [-0.05, 0) is 42.9 Å². The van der Waals surface area contributed by atoms with Crippen LogP contribution >= 0.6 is 0 Å². The molecule has 1 aromatic carbocycles. The lowest BCUT2D eigenvalue weighted by Gasteiger charge is -2.11. The standard InChI is InChI=1S/C15H24O2S/c1-5-12(2)8-6-9-14-10-7-11-15(13(14)3)18(4,16)17/h7,10-12H,5-6,8-9H2,1-4H3. The molecule has 1 unspecified atom stereocenters. The Morgan fingerprint density at radius 2 is 1.94 bits per heavy atom. The fraction of sp³-hybridized carbons (Fsp3) is 0.600. The van der Waals surface area contributed by atoms with Crippen LogP contribution in [0.25, 0.3) is 0 Å².